The lowest BCUT2D eigenvalue weighted by molar-refractivity contribution is -0.120. The molecule has 1 atom stereocenters. The standard InChI is InChI=1S/C18H21N3O2S/c1-11-9-12(2)20-18(24)16(11)17(23)19-10-15(22)21-13(3)14-7-5-4-6-8-14/h4-9,13H,10H2,1-3H3,(H,19,23)(H,20,24)(H,21,22). The van der Waals surface area contributed by atoms with Gasteiger partial charge in [-0.2, -0.15) is 0 Å². The zero-order chi connectivity index (χ0) is 17.7. The van der Waals surface area contributed by atoms with E-state index in [2.05, 4.69) is 15.6 Å². The van der Waals surface area contributed by atoms with E-state index in [4.69, 9.17) is 12.2 Å². The Morgan fingerprint density at radius 2 is 1.88 bits per heavy atom. The maximum Gasteiger partial charge on any atom is 0.254 e. The zero-order valence-corrected chi connectivity index (χ0v) is 14.8. The first kappa shape index (κ1) is 17.9. The quantitative estimate of drug-likeness (QED) is 0.731. The molecule has 0 radical (unpaired) electrons. The van der Waals surface area contributed by atoms with Gasteiger partial charge in [-0.1, -0.05) is 42.5 Å². The Bertz CT molecular complexity index is 800. The van der Waals surface area contributed by atoms with Crippen molar-refractivity contribution in [2.24, 2.45) is 0 Å². The molecular formula is C18H21N3O2S. The topological polar surface area (TPSA) is 74.0 Å². The van der Waals surface area contributed by atoms with E-state index in [0.717, 1.165) is 16.8 Å². The van der Waals surface area contributed by atoms with Crippen molar-refractivity contribution in [3.05, 3.63) is 63.4 Å². The maximum atomic E-state index is 12.3. The van der Waals surface area contributed by atoms with Crippen LogP contribution < -0.4 is 10.6 Å². The number of rotatable bonds is 5. The van der Waals surface area contributed by atoms with Crippen molar-refractivity contribution in [2.75, 3.05) is 6.54 Å². The Labute approximate surface area is 146 Å². The van der Waals surface area contributed by atoms with Gasteiger partial charge in [0.25, 0.3) is 5.91 Å². The van der Waals surface area contributed by atoms with Crippen LogP contribution in [0.15, 0.2) is 36.4 Å². The van der Waals surface area contributed by atoms with Crippen LogP contribution in [0.1, 0.15) is 40.1 Å². The molecule has 24 heavy (non-hydrogen) atoms. The van der Waals surface area contributed by atoms with Crippen LogP contribution >= 0.6 is 12.2 Å². The first-order valence-corrected chi connectivity index (χ1v) is 8.12. The number of nitrogens with one attached hydrogen (secondary N) is 3. The number of benzene rings is 1. The molecule has 0 aliphatic carbocycles. The zero-order valence-electron chi connectivity index (χ0n) is 14.0. The molecule has 126 valence electrons. The number of carbonyl (C=O) groups excluding carboxylic acids is 2. The smallest absolute Gasteiger partial charge is 0.254 e. The van der Waals surface area contributed by atoms with Crippen molar-refractivity contribution in [2.45, 2.75) is 26.8 Å². The fourth-order valence-corrected chi connectivity index (χ4v) is 2.92. The van der Waals surface area contributed by atoms with Gasteiger partial charge < -0.3 is 15.6 Å². The van der Waals surface area contributed by atoms with Crippen molar-refractivity contribution < 1.29 is 9.59 Å². The van der Waals surface area contributed by atoms with Crippen LogP contribution in [0, 0.1) is 18.5 Å². The van der Waals surface area contributed by atoms with Gasteiger partial charge in [0.2, 0.25) is 5.91 Å². The molecule has 2 amide bonds. The molecule has 0 aliphatic heterocycles. The molecular weight excluding hydrogens is 322 g/mol. The van der Waals surface area contributed by atoms with Gasteiger partial charge in [-0.25, -0.2) is 0 Å². The van der Waals surface area contributed by atoms with Crippen LogP contribution in [0.3, 0.4) is 0 Å². The second-order valence-corrected chi connectivity index (χ2v) is 6.13. The highest BCUT2D eigenvalue weighted by molar-refractivity contribution is 7.71. The molecule has 3 N–H and O–H groups in total. The van der Waals surface area contributed by atoms with Crippen LogP contribution in [0.2, 0.25) is 0 Å². The van der Waals surface area contributed by atoms with Crippen LogP contribution in [0.5, 0.6) is 0 Å². The molecule has 1 aromatic heterocycles. The summed E-state index contributed by atoms with van der Waals surface area (Å²) in [6, 6.07) is 11.4. The number of H-pyrrole nitrogens is 1. The number of aromatic amines is 1. The van der Waals surface area contributed by atoms with Crippen LogP contribution in [-0.4, -0.2) is 23.3 Å². The van der Waals surface area contributed by atoms with E-state index in [1.165, 1.54) is 0 Å². The summed E-state index contributed by atoms with van der Waals surface area (Å²) in [5, 5.41) is 5.47. The van der Waals surface area contributed by atoms with Crippen molar-refractivity contribution >= 4 is 24.0 Å². The normalized spacial score (nSPS) is 11.6. The summed E-state index contributed by atoms with van der Waals surface area (Å²) in [6.07, 6.45) is 0. The predicted octanol–water partition coefficient (Wildman–Crippen LogP) is 2.97. The number of aromatic nitrogens is 1. The first-order valence-electron chi connectivity index (χ1n) is 7.71. The first-order chi connectivity index (χ1) is 11.4. The fraction of sp³-hybridized carbons (Fsp3) is 0.278. The lowest BCUT2D eigenvalue weighted by Gasteiger charge is -2.15. The SMILES string of the molecule is Cc1cc(C)c(C(=O)NCC(=O)NC(C)c2ccccc2)c(=S)[nH]1. The highest BCUT2D eigenvalue weighted by atomic mass is 32.1. The molecule has 0 fully saturated rings. The van der Waals surface area contributed by atoms with Crippen molar-refractivity contribution in [3.63, 3.8) is 0 Å². The van der Waals surface area contributed by atoms with E-state index in [1.807, 2.05) is 57.2 Å². The minimum absolute atomic E-state index is 0.0991. The van der Waals surface area contributed by atoms with Crippen LogP contribution in [-0.2, 0) is 4.79 Å². The average Bonchev–Trinajstić information content (AvgIpc) is 2.52. The molecule has 0 saturated heterocycles. The summed E-state index contributed by atoms with van der Waals surface area (Å²) in [7, 11) is 0. The fourth-order valence-electron chi connectivity index (χ4n) is 2.50. The molecule has 0 spiro atoms. The van der Waals surface area contributed by atoms with Crippen molar-refractivity contribution in [1.82, 2.24) is 15.6 Å². The van der Waals surface area contributed by atoms with E-state index in [9.17, 15) is 9.59 Å². The monoisotopic (exact) mass is 343 g/mol. The summed E-state index contributed by atoms with van der Waals surface area (Å²) in [4.78, 5) is 27.3. The van der Waals surface area contributed by atoms with E-state index >= 15 is 0 Å². The number of aryl methyl sites for hydroxylation is 2. The summed E-state index contributed by atoms with van der Waals surface area (Å²) < 4.78 is 0.378. The number of pyridine rings is 1. The summed E-state index contributed by atoms with van der Waals surface area (Å²) >= 11 is 5.20. The highest BCUT2D eigenvalue weighted by Gasteiger charge is 2.14. The van der Waals surface area contributed by atoms with Crippen molar-refractivity contribution in [1.29, 1.82) is 0 Å². The van der Waals surface area contributed by atoms with Gasteiger partial charge >= 0.3 is 0 Å². The Hall–Kier alpha value is -2.47. The average molecular weight is 343 g/mol. The minimum Gasteiger partial charge on any atom is -0.350 e. The Morgan fingerprint density at radius 1 is 1.21 bits per heavy atom. The minimum atomic E-state index is -0.351. The lowest BCUT2D eigenvalue weighted by atomic mass is 10.1. The molecule has 1 unspecified atom stereocenters. The van der Waals surface area contributed by atoms with Crippen LogP contribution in [0.4, 0.5) is 0 Å². The van der Waals surface area contributed by atoms with Gasteiger partial charge in [0.05, 0.1) is 18.2 Å². The lowest BCUT2D eigenvalue weighted by Crippen LogP contribution is -2.38. The second-order valence-electron chi connectivity index (χ2n) is 5.72. The van der Waals surface area contributed by atoms with Gasteiger partial charge in [0, 0.05) is 5.69 Å². The molecule has 5 nitrogen and oxygen atoms in total. The van der Waals surface area contributed by atoms with Crippen molar-refractivity contribution in [3.8, 4) is 0 Å². The second kappa shape index (κ2) is 7.88. The Balaban J connectivity index is 1.95. The summed E-state index contributed by atoms with van der Waals surface area (Å²) in [5.74, 6) is -0.601. The molecule has 0 bridgehead atoms. The number of amides is 2. The third-order valence-electron chi connectivity index (χ3n) is 3.68. The van der Waals surface area contributed by atoms with Gasteiger partial charge in [-0.05, 0) is 38.0 Å². The molecule has 1 aromatic carbocycles. The highest BCUT2D eigenvalue weighted by Crippen LogP contribution is 2.11. The molecule has 6 heteroatoms. The van der Waals surface area contributed by atoms with Gasteiger partial charge in [-0.15, -0.1) is 0 Å². The van der Waals surface area contributed by atoms with E-state index in [-0.39, 0.29) is 24.4 Å². The van der Waals surface area contributed by atoms with E-state index < -0.39 is 0 Å². The predicted molar refractivity (Wildman–Crippen MR) is 96.4 cm³/mol. The number of hydrogen-bond acceptors (Lipinski definition) is 3. The van der Waals surface area contributed by atoms with Gasteiger partial charge in [-0.3, -0.25) is 9.59 Å². The third kappa shape index (κ3) is 4.52. The molecule has 0 saturated carbocycles. The van der Waals surface area contributed by atoms with Gasteiger partial charge in [0.15, 0.2) is 0 Å². The molecule has 2 aromatic rings. The number of hydrogen-bond donors (Lipinski definition) is 3. The Morgan fingerprint density at radius 3 is 2.50 bits per heavy atom. The maximum absolute atomic E-state index is 12.3. The molecule has 2 rings (SSSR count). The van der Waals surface area contributed by atoms with E-state index in [1.54, 1.807) is 0 Å². The largest absolute Gasteiger partial charge is 0.350 e. The molecule has 0 aliphatic rings. The number of carbonyl (C=O) groups is 2. The van der Waals surface area contributed by atoms with Crippen LogP contribution in [0.25, 0.3) is 0 Å². The Kier molecular flexibility index (Phi) is 5.87. The third-order valence-corrected chi connectivity index (χ3v) is 3.98. The molecule has 1 heterocycles. The summed E-state index contributed by atoms with van der Waals surface area (Å²) in [6.45, 7) is 5.50. The van der Waals surface area contributed by atoms with Gasteiger partial charge in [0.1, 0.15) is 4.64 Å². The van der Waals surface area contributed by atoms with E-state index in [0.29, 0.717) is 10.2 Å². The summed E-state index contributed by atoms with van der Waals surface area (Å²) in [5.41, 5.74) is 3.09.